The minimum atomic E-state index is 0.493. The van der Waals surface area contributed by atoms with Gasteiger partial charge in [0.1, 0.15) is 5.75 Å². The van der Waals surface area contributed by atoms with E-state index in [2.05, 4.69) is 6.92 Å². The van der Waals surface area contributed by atoms with Crippen LogP contribution < -0.4 is 10.5 Å². The number of hydrogen-bond acceptors (Lipinski definition) is 2. The van der Waals surface area contributed by atoms with Crippen LogP contribution in [0.15, 0.2) is 12.1 Å². The minimum Gasteiger partial charge on any atom is -0.496 e. The largest absolute Gasteiger partial charge is 0.496 e. The first-order valence-electron chi connectivity index (χ1n) is 5.65. The first kappa shape index (κ1) is 13.3. The highest BCUT2D eigenvalue weighted by Crippen LogP contribution is 2.28. The van der Waals surface area contributed by atoms with E-state index in [4.69, 9.17) is 22.1 Å². The molecule has 1 rings (SSSR count). The highest BCUT2D eigenvalue weighted by molar-refractivity contribution is 6.31. The molecule has 1 aromatic rings. The van der Waals surface area contributed by atoms with Crippen molar-refractivity contribution in [3.8, 4) is 5.75 Å². The Labute approximate surface area is 103 Å². The molecule has 1 atom stereocenters. The average molecular weight is 242 g/mol. The zero-order valence-corrected chi connectivity index (χ0v) is 11.0. The smallest absolute Gasteiger partial charge is 0.122 e. The highest BCUT2D eigenvalue weighted by atomic mass is 35.5. The van der Waals surface area contributed by atoms with Gasteiger partial charge in [0, 0.05) is 5.02 Å². The molecule has 0 heterocycles. The quantitative estimate of drug-likeness (QED) is 0.860. The van der Waals surface area contributed by atoms with E-state index in [-0.39, 0.29) is 0 Å². The van der Waals surface area contributed by atoms with E-state index in [0.29, 0.717) is 12.5 Å². The molecule has 0 radical (unpaired) electrons. The van der Waals surface area contributed by atoms with Gasteiger partial charge in [0.05, 0.1) is 7.11 Å². The maximum Gasteiger partial charge on any atom is 0.122 e. The normalized spacial score (nSPS) is 12.6. The SMILES string of the molecule is CCC(CN)Cc1cc(Cl)c(C)cc1OC. The van der Waals surface area contributed by atoms with Gasteiger partial charge in [-0.05, 0) is 49.1 Å². The lowest BCUT2D eigenvalue weighted by Gasteiger charge is -2.16. The highest BCUT2D eigenvalue weighted by Gasteiger charge is 2.11. The van der Waals surface area contributed by atoms with E-state index in [1.54, 1.807) is 7.11 Å². The number of rotatable bonds is 5. The number of ether oxygens (including phenoxy) is 1. The summed E-state index contributed by atoms with van der Waals surface area (Å²) in [4.78, 5) is 0. The number of benzene rings is 1. The monoisotopic (exact) mass is 241 g/mol. The van der Waals surface area contributed by atoms with Crippen molar-refractivity contribution in [2.75, 3.05) is 13.7 Å². The zero-order valence-electron chi connectivity index (χ0n) is 10.2. The third kappa shape index (κ3) is 3.13. The van der Waals surface area contributed by atoms with Gasteiger partial charge in [-0.3, -0.25) is 0 Å². The fourth-order valence-corrected chi connectivity index (χ4v) is 1.94. The number of hydrogen-bond donors (Lipinski definition) is 1. The number of halogens is 1. The summed E-state index contributed by atoms with van der Waals surface area (Å²) in [5.41, 5.74) is 7.91. The Morgan fingerprint density at radius 1 is 1.44 bits per heavy atom. The Morgan fingerprint density at radius 2 is 2.12 bits per heavy atom. The predicted molar refractivity (Wildman–Crippen MR) is 69.3 cm³/mol. The number of aryl methyl sites for hydroxylation is 1. The van der Waals surface area contributed by atoms with E-state index in [0.717, 1.165) is 34.7 Å². The van der Waals surface area contributed by atoms with Crippen LogP contribution in [0, 0.1) is 12.8 Å². The van der Waals surface area contributed by atoms with Crippen molar-refractivity contribution in [1.29, 1.82) is 0 Å². The average Bonchev–Trinajstić information content (AvgIpc) is 2.29. The van der Waals surface area contributed by atoms with Crippen LogP contribution in [0.4, 0.5) is 0 Å². The van der Waals surface area contributed by atoms with Crippen LogP contribution in [0.25, 0.3) is 0 Å². The fourth-order valence-electron chi connectivity index (χ4n) is 1.75. The molecule has 2 nitrogen and oxygen atoms in total. The summed E-state index contributed by atoms with van der Waals surface area (Å²) in [6.07, 6.45) is 2.00. The molecule has 0 aliphatic carbocycles. The molecular weight excluding hydrogens is 222 g/mol. The van der Waals surface area contributed by atoms with Crippen LogP contribution >= 0.6 is 11.6 Å². The van der Waals surface area contributed by atoms with Crippen LogP contribution in [-0.4, -0.2) is 13.7 Å². The Morgan fingerprint density at radius 3 is 2.62 bits per heavy atom. The van der Waals surface area contributed by atoms with Crippen molar-refractivity contribution in [2.45, 2.75) is 26.7 Å². The Bertz CT molecular complexity index is 348. The van der Waals surface area contributed by atoms with E-state index >= 15 is 0 Å². The second-order valence-electron chi connectivity index (χ2n) is 4.13. The molecule has 1 unspecified atom stereocenters. The second kappa shape index (κ2) is 6.12. The molecule has 3 heteroatoms. The van der Waals surface area contributed by atoms with E-state index in [9.17, 15) is 0 Å². The summed E-state index contributed by atoms with van der Waals surface area (Å²) in [5, 5.41) is 0.794. The molecule has 0 saturated carbocycles. The van der Waals surface area contributed by atoms with Gasteiger partial charge in [0.25, 0.3) is 0 Å². The van der Waals surface area contributed by atoms with Crippen molar-refractivity contribution in [2.24, 2.45) is 11.7 Å². The van der Waals surface area contributed by atoms with E-state index in [1.807, 2.05) is 19.1 Å². The van der Waals surface area contributed by atoms with Crippen LogP contribution in [0.1, 0.15) is 24.5 Å². The van der Waals surface area contributed by atoms with Crippen LogP contribution in [-0.2, 0) is 6.42 Å². The first-order chi connectivity index (χ1) is 7.62. The Kier molecular flexibility index (Phi) is 5.10. The molecule has 2 N–H and O–H groups in total. The van der Waals surface area contributed by atoms with Gasteiger partial charge < -0.3 is 10.5 Å². The molecule has 0 aliphatic heterocycles. The third-order valence-electron chi connectivity index (χ3n) is 2.98. The maximum absolute atomic E-state index is 6.13. The summed E-state index contributed by atoms with van der Waals surface area (Å²) in [5.74, 6) is 1.40. The van der Waals surface area contributed by atoms with E-state index in [1.165, 1.54) is 0 Å². The van der Waals surface area contributed by atoms with Crippen molar-refractivity contribution in [3.63, 3.8) is 0 Å². The van der Waals surface area contributed by atoms with Crippen molar-refractivity contribution < 1.29 is 4.74 Å². The standard InChI is InChI=1S/C13H20ClNO/c1-4-10(8-15)6-11-7-12(14)9(2)5-13(11)16-3/h5,7,10H,4,6,8,15H2,1-3H3. The van der Waals surface area contributed by atoms with Gasteiger partial charge in [-0.15, -0.1) is 0 Å². The van der Waals surface area contributed by atoms with Gasteiger partial charge in [-0.1, -0.05) is 24.9 Å². The molecule has 90 valence electrons. The molecule has 0 amide bonds. The topological polar surface area (TPSA) is 35.2 Å². The molecule has 0 saturated heterocycles. The van der Waals surface area contributed by atoms with Crippen molar-refractivity contribution in [3.05, 3.63) is 28.3 Å². The number of methoxy groups -OCH3 is 1. The van der Waals surface area contributed by atoms with Gasteiger partial charge in [0.15, 0.2) is 0 Å². The first-order valence-corrected chi connectivity index (χ1v) is 6.03. The van der Waals surface area contributed by atoms with Crippen molar-refractivity contribution >= 4 is 11.6 Å². The Hall–Kier alpha value is -0.730. The molecule has 0 fully saturated rings. The number of nitrogens with two attached hydrogens (primary N) is 1. The third-order valence-corrected chi connectivity index (χ3v) is 3.39. The zero-order chi connectivity index (χ0) is 12.1. The molecule has 0 bridgehead atoms. The van der Waals surface area contributed by atoms with Gasteiger partial charge in [-0.25, -0.2) is 0 Å². The lowest BCUT2D eigenvalue weighted by Crippen LogP contribution is -2.16. The molecular formula is C13H20ClNO. The fraction of sp³-hybridized carbons (Fsp3) is 0.538. The van der Waals surface area contributed by atoms with Gasteiger partial charge in [-0.2, -0.15) is 0 Å². The lowest BCUT2D eigenvalue weighted by atomic mass is 9.96. The van der Waals surface area contributed by atoms with Crippen LogP contribution in [0.5, 0.6) is 5.75 Å². The summed E-state index contributed by atoms with van der Waals surface area (Å²) in [6.45, 7) is 4.83. The molecule has 0 aromatic heterocycles. The van der Waals surface area contributed by atoms with Crippen LogP contribution in [0.3, 0.4) is 0 Å². The van der Waals surface area contributed by atoms with Crippen LogP contribution in [0.2, 0.25) is 5.02 Å². The summed E-state index contributed by atoms with van der Waals surface area (Å²) < 4.78 is 5.37. The van der Waals surface area contributed by atoms with E-state index < -0.39 is 0 Å². The van der Waals surface area contributed by atoms with Crippen molar-refractivity contribution in [1.82, 2.24) is 0 Å². The molecule has 1 aromatic carbocycles. The molecule has 0 aliphatic rings. The Balaban J connectivity index is 2.97. The summed E-state index contributed by atoms with van der Waals surface area (Å²) >= 11 is 6.13. The summed E-state index contributed by atoms with van der Waals surface area (Å²) in [6, 6.07) is 3.98. The lowest BCUT2D eigenvalue weighted by molar-refractivity contribution is 0.403. The molecule has 0 spiro atoms. The van der Waals surface area contributed by atoms with Gasteiger partial charge >= 0.3 is 0 Å². The minimum absolute atomic E-state index is 0.493. The summed E-state index contributed by atoms with van der Waals surface area (Å²) in [7, 11) is 1.69. The predicted octanol–water partition coefficient (Wildman–Crippen LogP) is 3.18. The maximum atomic E-state index is 6.13. The second-order valence-corrected chi connectivity index (χ2v) is 4.53. The molecule has 16 heavy (non-hydrogen) atoms. The van der Waals surface area contributed by atoms with Gasteiger partial charge in [0.2, 0.25) is 0 Å².